The van der Waals surface area contributed by atoms with Crippen LogP contribution in [-0.2, 0) is 32.3 Å². The average Bonchev–Trinajstić information content (AvgIpc) is 2.82. The zero-order valence-corrected chi connectivity index (χ0v) is 21.0. The SMILES string of the molecule is COCC(=O)N1CCC(Nc2ncc(C(F)(F)F)c(NCc3ccccc3N(C)S(C)(=O)=O)n2)CC1. The van der Waals surface area contributed by atoms with Gasteiger partial charge in [0.05, 0.1) is 11.9 Å². The van der Waals surface area contributed by atoms with E-state index in [0.29, 0.717) is 43.4 Å². The molecular formula is C22H29F3N6O4S. The first-order valence-electron chi connectivity index (χ1n) is 11.1. The molecule has 0 aliphatic carbocycles. The van der Waals surface area contributed by atoms with Crippen LogP contribution in [0, 0.1) is 0 Å². The quantitative estimate of drug-likeness (QED) is 0.508. The van der Waals surface area contributed by atoms with Crippen LogP contribution in [-0.4, -0.2) is 75.3 Å². The minimum atomic E-state index is -4.70. The molecule has 1 aromatic heterocycles. The van der Waals surface area contributed by atoms with Crippen LogP contribution in [0.2, 0.25) is 0 Å². The fourth-order valence-electron chi connectivity index (χ4n) is 3.79. The Morgan fingerprint density at radius 3 is 2.53 bits per heavy atom. The van der Waals surface area contributed by atoms with E-state index >= 15 is 0 Å². The van der Waals surface area contributed by atoms with Crippen molar-refractivity contribution in [2.45, 2.75) is 31.6 Å². The van der Waals surface area contributed by atoms with Crippen LogP contribution in [0.5, 0.6) is 0 Å². The Kier molecular flexibility index (Phi) is 8.61. The zero-order chi connectivity index (χ0) is 26.5. The molecular weight excluding hydrogens is 501 g/mol. The maximum atomic E-state index is 13.6. The third-order valence-electron chi connectivity index (χ3n) is 5.82. The van der Waals surface area contributed by atoms with Gasteiger partial charge < -0.3 is 20.3 Å². The van der Waals surface area contributed by atoms with Gasteiger partial charge in [-0.15, -0.1) is 0 Å². The number of hydrogen-bond donors (Lipinski definition) is 2. The van der Waals surface area contributed by atoms with Gasteiger partial charge in [0.15, 0.2) is 0 Å². The lowest BCUT2D eigenvalue weighted by molar-refractivity contribution is -0.137. The number of methoxy groups -OCH3 is 1. The molecule has 2 aromatic rings. The molecule has 3 rings (SSSR count). The molecule has 1 aromatic carbocycles. The Labute approximate surface area is 207 Å². The van der Waals surface area contributed by atoms with Gasteiger partial charge in [0.2, 0.25) is 21.9 Å². The second kappa shape index (κ2) is 11.3. The first kappa shape index (κ1) is 27.5. The largest absolute Gasteiger partial charge is 0.421 e. The summed E-state index contributed by atoms with van der Waals surface area (Å²) < 4.78 is 70.8. The Morgan fingerprint density at radius 1 is 1.25 bits per heavy atom. The van der Waals surface area contributed by atoms with Crippen LogP contribution in [0.25, 0.3) is 0 Å². The molecule has 1 aliphatic rings. The highest BCUT2D eigenvalue weighted by Gasteiger charge is 2.35. The molecule has 0 spiro atoms. The molecule has 1 amide bonds. The number of likely N-dealkylation sites (tertiary alicyclic amines) is 1. The number of piperidine rings is 1. The minimum absolute atomic E-state index is 0.00174. The smallest absolute Gasteiger partial charge is 0.375 e. The van der Waals surface area contributed by atoms with Crippen molar-refractivity contribution >= 4 is 33.4 Å². The molecule has 36 heavy (non-hydrogen) atoms. The van der Waals surface area contributed by atoms with E-state index in [0.717, 1.165) is 10.6 Å². The zero-order valence-electron chi connectivity index (χ0n) is 20.2. The van der Waals surface area contributed by atoms with Crippen LogP contribution in [0.15, 0.2) is 30.5 Å². The predicted molar refractivity (Wildman–Crippen MR) is 129 cm³/mol. The van der Waals surface area contributed by atoms with Crippen LogP contribution < -0.4 is 14.9 Å². The highest BCUT2D eigenvalue weighted by molar-refractivity contribution is 7.92. The summed E-state index contributed by atoms with van der Waals surface area (Å²) in [5.41, 5.74) is -0.231. The van der Waals surface area contributed by atoms with Crippen molar-refractivity contribution in [2.75, 3.05) is 55.0 Å². The second-order valence-corrected chi connectivity index (χ2v) is 10.4. The molecule has 2 N–H and O–H groups in total. The van der Waals surface area contributed by atoms with Gasteiger partial charge >= 0.3 is 6.18 Å². The molecule has 10 nitrogen and oxygen atoms in total. The Hall–Kier alpha value is -3.13. The number of para-hydroxylation sites is 1. The number of alkyl halides is 3. The lowest BCUT2D eigenvalue weighted by Crippen LogP contribution is -2.43. The number of benzene rings is 1. The maximum Gasteiger partial charge on any atom is 0.421 e. The first-order valence-corrected chi connectivity index (χ1v) is 13.0. The number of amides is 1. The van der Waals surface area contributed by atoms with Gasteiger partial charge in [-0.3, -0.25) is 9.10 Å². The summed E-state index contributed by atoms with van der Waals surface area (Å²) in [4.78, 5) is 21.5. The van der Waals surface area contributed by atoms with Gasteiger partial charge in [0.1, 0.15) is 18.0 Å². The number of aromatic nitrogens is 2. The van der Waals surface area contributed by atoms with Crippen LogP contribution in [0.4, 0.5) is 30.6 Å². The van der Waals surface area contributed by atoms with E-state index in [4.69, 9.17) is 4.74 Å². The van der Waals surface area contributed by atoms with Crippen LogP contribution in [0.3, 0.4) is 0 Å². The third kappa shape index (κ3) is 6.97. The number of nitrogens with zero attached hydrogens (tertiary/aromatic N) is 4. The standard InChI is InChI=1S/C22H29F3N6O4S/c1-30(36(3,33)34)18-7-5-4-6-15(18)12-26-20-17(22(23,24)25)13-27-21(29-20)28-16-8-10-31(11-9-16)19(32)14-35-2/h4-7,13,16H,8-12,14H2,1-3H3,(H2,26,27,28,29). The van der Waals surface area contributed by atoms with Gasteiger partial charge in [-0.05, 0) is 24.5 Å². The third-order valence-corrected chi connectivity index (χ3v) is 7.01. The van der Waals surface area contributed by atoms with Crippen molar-refractivity contribution in [2.24, 2.45) is 0 Å². The summed E-state index contributed by atoms with van der Waals surface area (Å²) in [5.74, 6) is -0.520. The second-order valence-electron chi connectivity index (χ2n) is 8.40. The summed E-state index contributed by atoms with van der Waals surface area (Å²) in [6.07, 6.45) is -1.79. The minimum Gasteiger partial charge on any atom is -0.375 e. The fraction of sp³-hybridized carbons (Fsp3) is 0.500. The van der Waals surface area contributed by atoms with E-state index in [1.807, 2.05) is 0 Å². The van der Waals surface area contributed by atoms with Gasteiger partial charge in [-0.2, -0.15) is 18.2 Å². The number of hydrogen-bond acceptors (Lipinski definition) is 8. The normalized spacial score (nSPS) is 15.0. The number of rotatable bonds is 9. The van der Waals surface area contributed by atoms with E-state index in [1.165, 1.54) is 14.2 Å². The maximum absolute atomic E-state index is 13.6. The lowest BCUT2D eigenvalue weighted by Gasteiger charge is -2.32. The molecule has 1 aliphatic heterocycles. The van der Waals surface area contributed by atoms with Crippen LogP contribution in [0.1, 0.15) is 24.0 Å². The molecule has 0 bridgehead atoms. The van der Waals surface area contributed by atoms with E-state index in [1.54, 1.807) is 29.2 Å². The Bertz CT molecular complexity index is 1170. The summed E-state index contributed by atoms with van der Waals surface area (Å²) >= 11 is 0. The molecule has 2 heterocycles. The summed E-state index contributed by atoms with van der Waals surface area (Å²) in [7, 11) is -0.752. The number of nitrogens with one attached hydrogen (secondary N) is 2. The highest BCUT2D eigenvalue weighted by Crippen LogP contribution is 2.34. The number of sulfonamides is 1. The van der Waals surface area contributed by atoms with E-state index in [-0.39, 0.29) is 31.0 Å². The number of anilines is 3. The molecule has 0 saturated carbocycles. The van der Waals surface area contributed by atoms with Crippen molar-refractivity contribution < 1.29 is 31.1 Å². The molecule has 0 unspecified atom stereocenters. The van der Waals surface area contributed by atoms with Crippen molar-refractivity contribution in [3.8, 4) is 0 Å². The van der Waals surface area contributed by atoms with Crippen molar-refractivity contribution in [1.82, 2.24) is 14.9 Å². The highest BCUT2D eigenvalue weighted by atomic mass is 32.2. The fourth-order valence-corrected chi connectivity index (χ4v) is 4.32. The summed E-state index contributed by atoms with van der Waals surface area (Å²) in [6.45, 7) is 0.861. The molecule has 0 atom stereocenters. The monoisotopic (exact) mass is 530 g/mol. The molecule has 0 radical (unpaired) electrons. The van der Waals surface area contributed by atoms with Gasteiger partial charge in [0, 0.05) is 46.0 Å². The van der Waals surface area contributed by atoms with Crippen molar-refractivity contribution in [3.63, 3.8) is 0 Å². The molecule has 198 valence electrons. The van der Waals surface area contributed by atoms with Crippen LogP contribution >= 0.6 is 0 Å². The van der Waals surface area contributed by atoms with Gasteiger partial charge in [0.25, 0.3) is 0 Å². The Morgan fingerprint density at radius 2 is 1.92 bits per heavy atom. The van der Waals surface area contributed by atoms with Crippen molar-refractivity contribution in [1.29, 1.82) is 0 Å². The predicted octanol–water partition coefficient (Wildman–Crippen LogP) is 2.55. The van der Waals surface area contributed by atoms with Gasteiger partial charge in [-0.25, -0.2) is 13.4 Å². The van der Waals surface area contributed by atoms with E-state index in [9.17, 15) is 26.4 Å². The summed E-state index contributed by atoms with van der Waals surface area (Å²) in [6, 6.07) is 6.38. The van der Waals surface area contributed by atoms with Crippen molar-refractivity contribution in [3.05, 3.63) is 41.6 Å². The number of carbonyl (C=O) groups excluding carboxylic acids is 1. The van der Waals surface area contributed by atoms with E-state index in [2.05, 4.69) is 20.6 Å². The average molecular weight is 531 g/mol. The van der Waals surface area contributed by atoms with Gasteiger partial charge in [-0.1, -0.05) is 18.2 Å². The first-order chi connectivity index (χ1) is 16.9. The summed E-state index contributed by atoms with van der Waals surface area (Å²) in [5, 5.41) is 5.75. The topological polar surface area (TPSA) is 117 Å². The number of carbonyl (C=O) groups is 1. The van der Waals surface area contributed by atoms with E-state index < -0.39 is 27.6 Å². The number of ether oxygens (including phenoxy) is 1. The molecule has 14 heteroatoms. The molecule has 1 fully saturated rings. The number of halogens is 3. The molecule has 1 saturated heterocycles. The Balaban J connectivity index is 1.76. The lowest BCUT2D eigenvalue weighted by atomic mass is 10.1.